The number of ether oxygens (including phenoxy) is 9. The zero-order chi connectivity index (χ0) is 69.9. The highest BCUT2D eigenvalue weighted by Crippen LogP contribution is 2.37. The van der Waals surface area contributed by atoms with Crippen molar-refractivity contribution in [3.63, 3.8) is 0 Å². The lowest BCUT2D eigenvalue weighted by Crippen LogP contribution is -2.71. The van der Waals surface area contributed by atoms with E-state index in [4.69, 9.17) is 42.6 Å². The van der Waals surface area contributed by atoms with Crippen LogP contribution in [-0.4, -0.2) is 326 Å². The van der Waals surface area contributed by atoms with Crippen LogP contribution in [0.4, 0.5) is 0 Å². The minimum atomic E-state index is -6.69. The van der Waals surface area contributed by atoms with E-state index in [1.807, 2.05) is 0 Å². The topological polar surface area (TPSA) is 845 Å². The number of carbonyl (C=O) groups is 2. The van der Waals surface area contributed by atoms with Crippen molar-refractivity contribution in [3.05, 3.63) is 0 Å². The van der Waals surface area contributed by atoms with Crippen LogP contribution in [0.25, 0.3) is 0 Å². The fraction of sp³-hybridized carbons (Fsp3) is 0.935. The minimum absolute atomic E-state index is 0.658. The Morgan fingerprint density at radius 1 is 0.473 bits per heavy atom. The fourth-order valence-corrected chi connectivity index (χ4v) is 12.2. The summed E-state index contributed by atoms with van der Waals surface area (Å²) in [6.45, 7) is -5.49. The number of aliphatic hydroxyl groups is 7. The number of aliphatic carboxylic acids is 2. The highest BCUT2D eigenvalue weighted by Gasteiger charge is 2.57. The molecule has 4 heterocycles. The van der Waals surface area contributed by atoms with Crippen molar-refractivity contribution in [1.82, 2.24) is 14.2 Å². The monoisotopic (exact) mass is 1500 g/mol. The van der Waals surface area contributed by atoms with Gasteiger partial charge in [0.05, 0.1) is 31.9 Å². The quantitative estimate of drug-likeness (QED) is 0.0162. The lowest BCUT2D eigenvalue weighted by molar-refractivity contribution is -0.381. The first-order valence-electron chi connectivity index (χ1n) is 23.3. The van der Waals surface area contributed by atoms with E-state index in [0.29, 0.717) is 7.11 Å². The highest BCUT2D eigenvalue weighted by atomic mass is 32.3. The highest BCUT2D eigenvalue weighted by molar-refractivity contribution is 7.84. The third kappa shape index (κ3) is 25.3. The molecule has 9 unspecified atom stereocenters. The Morgan fingerprint density at radius 2 is 0.912 bits per heavy atom. The number of methoxy groups -OCH3 is 1. The second-order valence-electron chi connectivity index (χ2n) is 18.3. The molecular weight excluding hydrogens is 1450 g/mol. The molecular formula is C31H45N3O49S8-10. The summed E-state index contributed by atoms with van der Waals surface area (Å²) in [5.41, 5.74) is 0. The molecule has 536 valence electrons. The molecule has 91 heavy (non-hydrogen) atoms. The van der Waals surface area contributed by atoms with E-state index in [9.17, 15) is 159 Å². The van der Waals surface area contributed by atoms with Gasteiger partial charge < -0.3 is 135 Å². The molecule has 0 saturated carbocycles. The van der Waals surface area contributed by atoms with Gasteiger partial charge in [0.25, 0.3) is 0 Å². The maximum absolute atomic E-state index is 12.6. The van der Waals surface area contributed by atoms with E-state index in [1.165, 1.54) is 4.72 Å². The molecule has 4 saturated heterocycles. The van der Waals surface area contributed by atoms with Crippen LogP contribution in [0.15, 0.2) is 0 Å². The number of carbonyl (C=O) groups excluding carboxylic acids is 2. The lowest BCUT2D eigenvalue weighted by atomic mass is 9.95. The molecule has 4 rings (SSSR count). The Labute approximate surface area is 510 Å². The van der Waals surface area contributed by atoms with Crippen LogP contribution >= 0.6 is 0 Å². The zero-order valence-corrected chi connectivity index (χ0v) is 50.3. The predicted octanol–water partition coefficient (Wildman–Crippen LogP) is -19.2. The van der Waals surface area contributed by atoms with Crippen LogP contribution in [0.1, 0.15) is 6.42 Å². The number of rotatable bonds is 34. The Balaban J connectivity index is 1.86. The normalized spacial score (nSPS) is 35.0. The first-order chi connectivity index (χ1) is 41.1. The summed E-state index contributed by atoms with van der Waals surface area (Å²) in [6, 6.07) is -8.65. The van der Waals surface area contributed by atoms with Crippen molar-refractivity contribution in [2.75, 3.05) is 26.9 Å². The van der Waals surface area contributed by atoms with Gasteiger partial charge >= 0.3 is 0 Å². The smallest absolute Gasteiger partial charge is 0.218 e. The molecule has 24 atom stereocenters. The average molecular weight is 1500 g/mol. The molecule has 0 aromatic carbocycles. The van der Waals surface area contributed by atoms with Gasteiger partial charge in [0.15, 0.2) is 68.5 Å². The second kappa shape index (κ2) is 31.2. The van der Waals surface area contributed by atoms with E-state index in [2.05, 4.69) is 20.9 Å². The second-order valence-corrected chi connectivity index (χ2v) is 26.9. The molecule has 4 aliphatic rings. The summed E-state index contributed by atoms with van der Waals surface area (Å²) in [6.07, 6.45) is -66.5. The van der Waals surface area contributed by atoms with Crippen LogP contribution in [0.5, 0.6) is 0 Å². The Kier molecular flexibility index (Phi) is 27.7. The minimum Gasteiger partial charge on any atom is -0.735 e. The molecule has 60 heteroatoms. The van der Waals surface area contributed by atoms with Crippen LogP contribution in [0.3, 0.4) is 0 Å². The standard InChI is InChI=1S/C31H55N3O49S8/c1-70-28-12(33-85(49,50)51)17(40)20(8(76-28)4-72-88(58,59)60)78-27(45)24(83-91(67,68)69)15(38)6(2-10(35)36)74-30-13(34-86(52,53)54)22(82-90(64,65)66)21(9(77-30)5-73-89(61,62)63)79-31-19(42)18(41)23(25(81-31)26(43)44)80-29-11(32-84(46,47)48)16(39)14(37)7(75-29)3-71-87(55,56)57/h6-9,11-25,27-34,37-42,45H,2-5H2,1H3,(H,35,36)(H,43,44)(H,46,47,48)(H,49,50,51)(H,52,53,54)(H,55,56,57)(H,58,59,60)(H,61,62,63)(H,64,65,66)(H,67,68,69)/p-10/t6-,7+,8+,9?,11?,12?,13?,14+,15+,16?,17?,18?,19?,20+,21-,22+,23-,24?,25-,27-,28-,29+,30+,31-/m0/s1. The number of hydrogen-bond donors (Lipinski definition) is 10. The zero-order valence-electron chi connectivity index (χ0n) is 43.7. The molecule has 0 spiro atoms. The summed E-state index contributed by atoms with van der Waals surface area (Å²) in [5, 5.41) is 102. The number of nitrogens with one attached hydrogen (secondary N) is 3. The molecule has 0 aliphatic carbocycles. The first-order valence-corrected chi connectivity index (χ1v) is 34.2. The largest absolute Gasteiger partial charge is 0.735 e. The van der Waals surface area contributed by atoms with Crippen LogP contribution < -0.4 is 24.4 Å². The van der Waals surface area contributed by atoms with Crippen molar-refractivity contribution < 1.29 is 223 Å². The molecule has 0 aromatic heterocycles. The molecule has 4 aliphatic heterocycles. The van der Waals surface area contributed by atoms with Crippen molar-refractivity contribution in [2.45, 2.75) is 154 Å². The molecule has 4 fully saturated rings. The third-order valence-corrected chi connectivity index (χ3v) is 15.9. The van der Waals surface area contributed by atoms with E-state index < -0.39 is 268 Å². The van der Waals surface area contributed by atoms with Crippen molar-refractivity contribution in [1.29, 1.82) is 0 Å². The van der Waals surface area contributed by atoms with E-state index >= 15 is 0 Å². The summed E-state index contributed by atoms with van der Waals surface area (Å²) < 4.78 is 353. The summed E-state index contributed by atoms with van der Waals surface area (Å²) in [7, 11) is -48.5. The van der Waals surface area contributed by atoms with Gasteiger partial charge in [-0.1, -0.05) is 0 Å². The number of hydrogen-bond acceptors (Lipinski definition) is 49. The molecule has 10 N–H and O–H groups in total. The number of aliphatic hydroxyl groups excluding tert-OH is 7. The first kappa shape index (κ1) is 80.7. The molecule has 52 nitrogen and oxygen atoms in total. The fourth-order valence-electron chi connectivity index (χ4n) is 8.55. The lowest BCUT2D eigenvalue weighted by Gasteiger charge is -2.50. The van der Waals surface area contributed by atoms with Crippen LogP contribution in [0.2, 0.25) is 0 Å². The molecule has 0 aromatic rings. The maximum atomic E-state index is 12.6. The Bertz CT molecular complexity index is 3430. The number of carboxylic acids is 2. The van der Waals surface area contributed by atoms with Gasteiger partial charge in [-0.2, -0.15) is 0 Å². The average Bonchev–Trinajstić information content (AvgIpc) is 0.775. The van der Waals surface area contributed by atoms with Gasteiger partial charge in [-0.05, 0) is 0 Å². The van der Waals surface area contributed by atoms with Gasteiger partial charge in [-0.15, -0.1) is 0 Å². The predicted molar refractivity (Wildman–Crippen MR) is 244 cm³/mol. The van der Waals surface area contributed by atoms with Gasteiger partial charge in [-0.3, -0.25) is 20.9 Å². The van der Waals surface area contributed by atoms with Crippen LogP contribution in [-0.2, 0) is 156 Å². The van der Waals surface area contributed by atoms with Gasteiger partial charge in [0.2, 0.25) is 52.0 Å². The number of carboxylic acid groups (broad SMARTS) is 2. The van der Waals surface area contributed by atoms with Crippen molar-refractivity contribution in [2.24, 2.45) is 0 Å². The van der Waals surface area contributed by atoms with E-state index in [-0.39, 0.29) is 0 Å². The van der Waals surface area contributed by atoms with Crippen LogP contribution in [0, 0.1) is 0 Å². The molecule has 0 radical (unpaired) electrons. The Hall–Kier alpha value is -2.74. The van der Waals surface area contributed by atoms with Gasteiger partial charge in [0.1, 0.15) is 104 Å². The van der Waals surface area contributed by atoms with Crippen molar-refractivity contribution in [3.8, 4) is 0 Å². The third-order valence-electron chi connectivity index (χ3n) is 12.0. The SMILES string of the molecule is CO[C@H]1O[C@H](COS(=O)(=O)[O-])[C@@H](O[C@H](O)C(OS(=O)(=O)[O-])[C@H](O)[C@H](CC(=O)[O-])O[C@@H]2OC(COS(=O)(=O)[O-])[C@H](O[C@H]3O[C@H](C(=O)[O-])[C@@H](O[C@H]4O[C@H](COS(=O)(=O)[O-])[C@@H](O)C(O)C4NS(=O)(=O)[O-])C(O)C3O)[C@H](OS(=O)(=O)[O-])C2NS(=O)(=O)[O-])C(O)C1NS(=O)(=O)[O-]. The summed E-state index contributed by atoms with van der Waals surface area (Å²) in [5.74, 6) is -5.35. The van der Waals surface area contributed by atoms with Gasteiger partial charge in [0, 0.05) is 19.5 Å². The summed E-state index contributed by atoms with van der Waals surface area (Å²) in [4.78, 5) is 24.8. The maximum Gasteiger partial charge on any atom is 0.218 e. The van der Waals surface area contributed by atoms with E-state index in [0.717, 1.165) is 9.44 Å². The molecule has 0 bridgehead atoms. The molecule has 0 amide bonds. The summed E-state index contributed by atoms with van der Waals surface area (Å²) >= 11 is 0. The van der Waals surface area contributed by atoms with Crippen molar-refractivity contribution >= 4 is 94.8 Å². The van der Waals surface area contributed by atoms with Gasteiger partial charge in [-0.25, -0.2) is 81.5 Å². The van der Waals surface area contributed by atoms with E-state index in [1.54, 1.807) is 0 Å². The Morgan fingerprint density at radius 3 is 1.35 bits per heavy atom.